The van der Waals surface area contributed by atoms with Crippen molar-refractivity contribution in [3.63, 3.8) is 0 Å². The lowest BCUT2D eigenvalue weighted by atomic mass is 9.49. The molecule has 0 spiro atoms. The van der Waals surface area contributed by atoms with Gasteiger partial charge in [-0.3, -0.25) is 4.79 Å². The Kier molecular flexibility index (Phi) is 5.62. The molecule has 0 aromatic rings. The normalized spacial score (nSPS) is 37.4. The first kappa shape index (κ1) is 19.7. The maximum atomic E-state index is 12.8. The number of hydrogen-bond donors (Lipinski definition) is 0. The fourth-order valence-electron chi connectivity index (χ4n) is 6.85. The van der Waals surface area contributed by atoms with Crippen LogP contribution in [-0.4, -0.2) is 18.4 Å². The van der Waals surface area contributed by atoms with Crippen molar-refractivity contribution in [3.05, 3.63) is 0 Å². The molecule has 3 heteroatoms. The Hall–Kier alpha value is -0.570. The van der Waals surface area contributed by atoms with Gasteiger partial charge in [0.15, 0.2) is 0 Å². The molecule has 0 N–H and O–H groups in total. The Morgan fingerprint density at radius 3 is 2.07 bits per heavy atom. The molecule has 0 radical (unpaired) electrons. The Morgan fingerprint density at radius 2 is 1.56 bits per heavy atom. The quantitative estimate of drug-likeness (QED) is 0.389. The smallest absolute Gasteiger partial charge is 0.313 e. The fraction of sp³-hybridized carbons (Fsp3) is 0.958. The van der Waals surface area contributed by atoms with Crippen LogP contribution in [0.25, 0.3) is 0 Å². The van der Waals surface area contributed by atoms with Gasteiger partial charge in [-0.25, -0.2) is 0 Å². The molecule has 0 amide bonds. The summed E-state index contributed by atoms with van der Waals surface area (Å²) in [4.78, 5) is 12.8. The molecule has 5 rings (SSSR count). The van der Waals surface area contributed by atoms with Gasteiger partial charge in [-0.15, -0.1) is 0 Å². The minimum Gasteiger partial charge on any atom is -0.435 e. The summed E-state index contributed by atoms with van der Waals surface area (Å²) in [5.41, 5.74) is -0.0413. The van der Waals surface area contributed by atoms with Crippen LogP contribution in [0.2, 0.25) is 0 Å². The van der Waals surface area contributed by atoms with E-state index in [1.807, 2.05) is 13.8 Å². The van der Waals surface area contributed by atoms with Crippen LogP contribution in [0.15, 0.2) is 0 Å². The standard InChI is InChI=1S/C24H40O3/c1-4-23(2,3)22(25)27-21(26-20-8-6-5-7-9-20)16-24-13-17-10-18(14-24)12-19(11-17)15-24/h17-21H,4-16H2,1-3H3. The topological polar surface area (TPSA) is 35.5 Å². The predicted octanol–water partition coefficient (Wildman–Crippen LogP) is 6.25. The highest BCUT2D eigenvalue weighted by Crippen LogP contribution is 2.61. The van der Waals surface area contributed by atoms with Crippen LogP contribution >= 0.6 is 0 Å². The number of esters is 1. The van der Waals surface area contributed by atoms with E-state index in [4.69, 9.17) is 9.47 Å². The van der Waals surface area contributed by atoms with Gasteiger partial charge in [0.05, 0.1) is 11.5 Å². The van der Waals surface area contributed by atoms with Gasteiger partial charge in [-0.05, 0) is 94.8 Å². The maximum absolute atomic E-state index is 12.8. The summed E-state index contributed by atoms with van der Waals surface area (Å²) in [5.74, 6) is 2.70. The molecule has 5 aliphatic carbocycles. The van der Waals surface area contributed by atoms with Crippen LogP contribution in [0.1, 0.15) is 104 Å². The van der Waals surface area contributed by atoms with Gasteiger partial charge >= 0.3 is 5.97 Å². The number of hydrogen-bond acceptors (Lipinski definition) is 3. The number of ether oxygens (including phenoxy) is 2. The third kappa shape index (κ3) is 4.38. The average Bonchev–Trinajstić information content (AvgIpc) is 2.61. The van der Waals surface area contributed by atoms with Crippen molar-refractivity contribution in [2.24, 2.45) is 28.6 Å². The second kappa shape index (κ2) is 7.69. The van der Waals surface area contributed by atoms with Gasteiger partial charge in [0.25, 0.3) is 0 Å². The first-order valence-corrected chi connectivity index (χ1v) is 11.7. The molecule has 5 aliphatic rings. The van der Waals surface area contributed by atoms with E-state index in [-0.39, 0.29) is 18.4 Å². The second-order valence-electron chi connectivity index (χ2n) is 11.1. The molecular weight excluding hydrogens is 336 g/mol. The van der Waals surface area contributed by atoms with E-state index in [9.17, 15) is 4.79 Å². The van der Waals surface area contributed by atoms with Gasteiger partial charge in [0.2, 0.25) is 6.29 Å². The monoisotopic (exact) mass is 376 g/mol. The molecule has 3 nitrogen and oxygen atoms in total. The van der Waals surface area contributed by atoms with Gasteiger partial charge < -0.3 is 9.47 Å². The first-order chi connectivity index (χ1) is 12.9. The van der Waals surface area contributed by atoms with E-state index in [0.717, 1.165) is 43.4 Å². The lowest BCUT2D eigenvalue weighted by molar-refractivity contribution is -0.217. The molecule has 154 valence electrons. The first-order valence-electron chi connectivity index (χ1n) is 11.7. The van der Waals surface area contributed by atoms with Crippen LogP contribution in [-0.2, 0) is 14.3 Å². The predicted molar refractivity (Wildman–Crippen MR) is 107 cm³/mol. The van der Waals surface area contributed by atoms with Crippen molar-refractivity contribution in [1.29, 1.82) is 0 Å². The summed E-state index contributed by atoms with van der Waals surface area (Å²) in [5, 5.41) is 0. The maximum Gasteiger partial charge on any atom is 0.313 e. The zero-order chi connectivity index (χ0) is 19.1. The Morgan fingerprint density at radius 1 is 1.00 bits per heavy atom. The lowest BCUT2D eigenvalue weighted by Gasteiger charge is -2.57. The van der Waals surface area contributed by atoms with Crippen LogP contribution in [0, 0.1) is 28.6 Å². The van der Waals surface area contributed by atoms with E-state index < -0.39 is 5.41 Å². The zero-order valence-electron chi connectivity index (χ0n) is 17.8. The molecule has 5 saturated carbocycles. The minimum absolute atomic E-state index is 0.0736. The molecule has 0 aliphatic heterocycles. The van der Waals surface area contributed by atoms with E-state index in [0.29, 0.717) is 5.41 Å². The minimum atomic E-state index is -0.421. The number of carbonyl (C=O) groups excluding carboxylic acids is 1. The number of carbonyl (C=O) groups is 1. The second-order valence-corrected chi connectivity index (χ2v) is 11.1. The van der Waals surface area contributed by atoms with Crippen LogP contribution < -0.4 is 0 Å². The van der Waals surface area contributed by atoms with E-state index in [1.165, 1.54) is 57.8 Å². The van der Waals surface area contributed by atoms with Crippen molar-refractivity contribution in [2.75, 3.05) is 0 Å². The highest BCUT2D eigenvalue weighted by molar-refractivity contribution is 5.75. The zero-order valence-corrected chi connectivity index (χ0v) is 17.8. The van der Waals surface area contributed by atoms with Gasteiger partial charge in [0, 0.05) is 6.42 Å². The molecule has 0 saturated heterocycles. The highest BCUT2D eigenvalue weighted by Gasteiger charge is 2.52. The van der Waals surface area contributed by atoms with Crippen molar-refractivity contribution >= 4 is 5.97 Å². The molecule has 27 heavy (non-hydrogen) atoms. The van der Waals surface area contributed by atoms with E-state index in [2.05, 4.69) is 6.92 Å². The van der Waals surface area contributed by atoms with Crippen molar-refractivity contribution in [2.45, 2.75) is 117 Å². The SMILES string of the molecule is CCC(C)(C)C(=O)OC(CC12CC3CC(CC(C3)C1)C2)OC1CCCCC1. The largest absolute Gasteiger partial charge is 0.435 e. The molecule has 5 fully saturated rings. The van der Waals surface area contributed by atoms with Crippen molar-refractivity contribution in [1.82, 2.24) is 0 Å². The van der Waals surface area contributed by atoms with Gasteiger partial charge in [-0.2, -0.15) is 0 Å². The number of rotatable bonds is 7. The summed E-state index contributed by atoms with van der Waals surface area (Å²) >= 11 is 0. The average molecular weight is 377 g/mol. The molecule has 4 bridgehead atoms. The Balaban J connectivity index is 1.46. The molecule has 1 atom stereocenters. The van der Waals surface area contributed by atoms with Crippen LogP contribution in [0.5, 0.6) is 0 Å². The third-order valence-corrected chi connectivity index (χ3v) is 8.34. The van der Waals surface area contributed by atoms with E-state index >= 15 is 0 Å². The van der Waals surface area contributed by atoms with Crippen LogP contribution in [0.3, 0.4) is 0 Å². The molecule has 0 aromatic heterocycles. The highest BCUT2D eigenvalue weighted by atomic mass is 16.7. The molecule has 0 heterocycles. The summed E-state index contributed by atoms with van der Waals surface area (Å²) in [6, 6.07) is 0. The lowest BCUT2D eigenvalue weighted by Crippen LogP contribution is -2.48. The van der Waals surface area contributed by atoms with Crippen molar-refractivity contribution in [3.8, 4) is 0 Å². The van der Waals surface area contributed by atoms with E-state index in [1.54, 1.807) is 0 Å². The summed E-state index contributed by atoms with van der Waals surface area (Å²) in [7, 11) is 0. The van der Waals surface area contributed by atoms with Crippen molar-refractivity contribution < 1.29 is 14.3 Å². The fourth-order valence-corrected chi connectivity index (χ4v) is 6.85. The Labute approximate surface area is 165 Å². The van der Waals surface area contributed by atoms with Crippen LogP contribution in [0.4, 0.5) is 0 Å². The third-order valence-electron chi connectivity index (χ3n) is 8.34. The molecular formula is C24H40O3. The van der Waals surface area contributed by atoms with Gasteiger partial charge in [-0.1, -0.05) is 26.2 Å². The molecule has 0 aromatic carbocycles. The summed E-state index contributed by atoms with van der Waals surface area (Å²) in [6.07, 6.45) is 16.2. The van der Waals surface area contributed by atoms with Gasteiger partial charge in [0.1, 0.15) is 0 Å². The molecule has 1 unspecified atom stereocenters. The Bertz CT molecular complexity index is 496. The summed E-state index contributed by atoms with van der Waals surface area (Å²) in [6.45, 7) is 6.06. The summed E-state index contributed by atoms with van der Waals surface area (Å²) < 4.78 is 12.6.